The number of hydrogen-bond acceptors (Lipinski definition) is 4. The second-order valence-corrected chi connectivity index (χ2v) is 5.14. The van der Waals surface area contributed by atoms with Crippen molar-refractivity contribution >= 4 is 38.8 Å². The van der Waals surface area contributed by atoms with Gasteiger partial charge in [-0.2, -0.15) is 0 Å². The number of anilines is 2. The molecule has 0 aliphatic rings. The number of carbonyl (C=O) groups is 1. The van der Waals surface area contributed by atoms with Crippen LogP contribution < -0.4 is 11.1 Å². The minimum atomic E-state index is -0.178. The highest BCUT2D eigenvalue weighted by Gasteiger charge is 2.11. The number of fused-ring (bicyclic) bond motifs is 1. The third-order valence-corrected chi connectivity index (χ3v) is 3.64. The molecule has 3 aromatic rings. The zero-order valence-electron chi connectivity index (χ0n) is 10.3. The number of nitrogens with one attached hydrogen (secondary N) is 1. The van der Waals surface area contributed by atoms with Crippen molar-refractivity contribution in [2.24, 2.45) is 7.05 Å². The zero-order valence-corrected chi connectivity index (χ0v) is 11.1. The molecule has 6 heteroatoms. The molecule has 0 saturated heterocycles. The molecule has 1 aromatic carbocycles. The van der Waals surface area contributed by atoms with Crippen LogP contribution in [0.25, 0.3) is 10.2 Å². The maximum absolute atomic E-state index is 12.1. The summed E-state index contributed by atoms with van der Waals surface area (Å²) in [5.74, 6) is -0.178. The Morgan fingerprint density at radius 3 is 3.00 bits per heavy atom. The molecule has 0 spiro atoms. The van der Waals surface area contributed by atoms with Gasteiger partial charge in [0, 0.05) is 18.9 Å². The van der Waals surface area contributed by atoms with Crippen LogP contribution in [0.2, 0.25) is 0 Å². The molecule has 0 fully saturated rings. The van der Waals surface area contributed by atoms with E-state index in [9.17, 15) is 4.79 Å². The number of thiazole rings is 1. The van der Waals surface area contributed by atoms with Crippen LogP contribution in [0.5, 0.6) is 0 Å². The minimum Gasteiger partial charge on any atom is -0.397 e. The molecule has 2 aromatic heterocycles. The summed E-state index contributed by atoms with van der Waals surface area (Å²) in [5, 5.41) is 2.86. The number of carbonyl (C=O) groups excluding carboxylic acids is 1. The van der Waals surface area contributed by atoms with E-state index in [1.807, 2.05) is 18.2 Å². The van der Waals surface area contributed by atoms with E-state index in [1.54, 1.807) is 40.7 Å². The van der Waals surface area contributed by atoms with Gasteiger partial charge in [0.05, 0.1) is 21.4 Å². The zero-order chi connectivity index (χ0) is 13.4. The standard InChI is InChI=1S/C13H12N4OS/c1-17-6-8(14)4-11(17)13(18)16-9-2-3-10-12(5-9)19-7-15-10/h2-7H,14H2,1H3,(H,16,18). The molecule has 2 heterocycles. The quantitative estimate of drug-likeness (QED) is 0.752. The molecule has 5 nitrogen and oxygen atoms in total. The summed E-state index contributed by atoms with van der Waals surface area (Å²) in [5.41, 5.74) is 10.2. The number of nitrogens with zero attached hydrogens (tertiary/aromatic N) is 2. The first-order valence-corrected chi connectivity index (χ1v) is 6.58. The van der Waals surface area contributed by atoms with Gasteiger partial charge in [0.15, 0.2) is 0 Å². The Balaban J connectivity index is 1.88. The highest BCUT2D eigenvalue weighted by Crippen LogP contribution is 2.22. The van der Waals surface area contributed by atoms with Crippen LogP contribution in [-0.4, -0.2) is 15.5 Å². The summed E-state index contributed by atoms with van der Waals surface area (Å²) in [6.45, 7) is 0. The van der Waals surface area contributed by atoms with E-state index in [2.05, 4.69) is 10.3 Å². The molecule has 3 rings (SSSR count). The average molecular weight is 272 g/mol. The maximum Gasteiger partial charge on any atom is 0.272 e. The lowest BCUT2D eigenvalue weighted by Crippen LogP contribution is -2.15. The van der Waals surface area contributed by atoms with Gasteiger partial charge in [0.25, 0.3) is 5.91 Å². The van der Waals surface area contributed by atoms with E-state index in [0.29, 0.717) is 11.4 Å². The van der Waals surface area contributed by atoms with Crippen molar-refractivity contribution in [2.45, 2.75) is 0 Å². The Kier molecular flexibility index (Phi) is 2.72. The molecule has 0 aliphatic carbocycles. The van der Waals surface area contributed by atoms with Crippen LogP contribution in [-0.2, 0) is 7.05 Å². The van der Waals surface area contributed by atoms with Crippen molar-refractivity contribution in [1.29, 1.82) is 0 Å². The van der Waals surface area contributed by atoms with E-state index >= 15 is 0 Å². The molecular formula is C13H12N4OS. The van der Waals surface area contributed by atoms with Gasteiger partial charge in [0.1, 0.15) is 5.69 Å². The number of benzene rings is 1. The number of hydrogen-bond donors (Lipinski definition) is 2. The Hall–Kier alpha value is -2.34. The van der Waals surface area contributed by atoms with E-state index < -0.39 is 0 Å². The predicted octanol–water partition coefficient (Wildman–Crippen LogP) is 2.47. The summed E-state index contributed by atoms with van der Waals surface area (Å²) in [6, 6.07) is 7.30. The topological polar surface area (TPSA) is 72.9 Å². The third-order valence-electron chi connectivity index (χ3n) is 2.85. The summed E-state index contributed by atoms with van der Waals surface area (Å²) in [7, 11) is 1.79. The van der Waals surface area contributed by atoms with Gasteiger partial charge >= 0.3 is 0 Å². The largest absolute Gasteiger partial charge is 0.397 e. The van der Waals surface area contributed by atoms with Gasteiger partial charge in [0.2, 0.25) is 0 Å². The summed E-state index contributed by atoms with van der Waals surface area (Å²) >= 11 is 1.54. The molecule has 96 valence electrons. The summed E-state index contributed by atoms with van der Waals surface area (Å²) < 4.78 is 2.75. The highest BCUT2D eigenvalue weighted by molar-refractivity contribution is 7.16. The Bertz CT molecular complexity index is 759. The highest BCUT2D eigenvalue weighted by atomic mass is 32.1. The lowest BCUT2D eigenvalue weighted by Gasteiger charge is -2.05. The lowest BCUT2D eigenvalue weighted by atomic mass is 10.3. The molecule has 0 aliphatic heterocycles. The van der Waals surface area contributed by atoms with Crippen LogP contribution in [0, 0.1) is 0 Å². The first kappa shape index (κ1) is 11.7. The van der Waals surface area contributed by atoms with Gasteiger partial charge in [-0.3, -0.25) is 4.79 Å². The smallest absolute Gasteiger partial charge is 0.272 e. The van der Waals surface area contributed by atoms with Crippen molar-refractivity contribution in [2.75, 3.05) is 11.1 Å². The minimum absolute atomic E-state index is 0.178. The first-order chi connectivity index (χ1) is 9.13. The monoisotopic (exact) mass is 272 g/mol. The van der Waals surface area contributed by atoms with Crippen LogP contribution >= 0.6 is 11.3 Å². The SMILES string of the molecule is Cn1cc(N)cc1C(=O)Nc1ccc2ncsc2c1. The number of nitrogens with two attached hydrogens (primary N) is 1. The van der Waals surface area contributed by atoms with Crippen molar-refractivity contribution in [3.05, 3.63) is 41.7 Å². The number of aromatic nitrogens is 2. The van der Waals surface area contributed by atoms with Crippen LogP contribution in [0.3, 0.4) is 0 Å². The van der Waals surface area contributed by atoms with Crippen molar-refractivity contribution in [1.82, 2.24) is 9.55 Å². The lowest BCUT2D eigenvalue weighted by molar-refractivity contribution is 0.101. The number of nitrogen functional groups attached to an aromatic ring is 1. The molecule has 0 unspecified atom stereocenters. The summed E-state index contributed by atoms with van der Waals surface area (Å²) in [4.78, 5) is 16.3. The summed E-state index contributed by atoms with van der Waals surface area (Å²) in [6.07, 6.45) is 1.71. The van der Waals surface area contributed by atoms with E-state index in [-0.39, 0.29) is 5.91 Å². The maximum atomic E-state index is 12.1. The van der Waals surface area contributed by atoms with Gasteiger partial charge < -0.3 is 15.6 Å². The number of amides is 1. The van der Waals surface area contributed by atoms with Crippen molar-refractivity contribution in [3.8, 4) is 0 Å². The van der Waals surface area contributed by atoms with E-state index in [0.717, 1.165) is 15.9 Å². The van der Waals surface area contributed by atoms with Gasteiger partial charge in [-0.25, -0.2) is 4.98 Å². The fourth-order valence-corrected chi connectivity index (χ4v) is 2.66. The van der Waals surface area contributed by atoms with Crippen molar-refractivity contribution in [3.63, 3.8) is 0 Å². The van der Waals surface area contributed by atoms with Gasteiger partial charge in [-0.05, 0) is 24.3 Å². The van der Waals surface area contributed by atoms with E-state index in [4.69, 9.17) is 5.73 Å². The molecular weight excluding hydrogens is 260 g/mol. The Morgan fingerprint density at radius 1 is 1.42 bits per heavy atom. The van der Waals surface area contributed by atoms with Crippen LogP contribution in [0.1, 0.15) is 10.5 Å². The van der Waals surface area contributed by atoms with Crippen LogP contribution in [0.4, 0.5) is 11.4 Å². The Labute approximate surface area is 113 Å². The fourth-order valence-electron chi connectivity index (χ4n) is 1.94. The second kappa shape index (κ2) is 4.40. The van der Waals surface area contributed by atoms with Gasteiger partial charge in [-0.1, -0.05) is 0 Å². The normalized spacial score (nSPS) is 10.8. The second-order valence-electron chi connectivity index (χ2n) is 4.26. The first-order valence-electron chi connectivity index (χ1n) is 5.70. The van der Waals surface area contributed by atoms with Gasteiger partial charge in [-0.15, -0.1) is 11.3 Å². The third kappa shape index (κ3) is 2.17. The average Bonchev–Trinajstić information content (AvgIpc) is 2.94. The molecule has 0 bridgehead atoms. The van der Waals surface area contributed by atoms with Crippen LogP contribution in [0.15, 0.2) is 36.0 Å². The molecule has 3 N–H and O–H groups in total. The predicted molar refractivity (Wildman–Crippen MR) is 77.4 cm³/mol. The van der Waals surface area contributed by atoms with Crippen molar-refractivity contribution < 1.29 is 4.79 Å². The Morgan fingerprint density at radius 2 is 2.26 bits per heavy atom. The fraction of sp³-hybridized carbons (Fsp3) is 0.0769. The molecule has 0 saturated carbocycles. The molecule has 1 amide bonds. The molecule has 0 atom stereocenters. The molecule has 0 radical (unpaired) electrons. The number of aryl methyl sites for hydroxylation is 1. The molecule has 19 heavy (non-hydrogen) atoms. The number of rotatable bonds is 2. The van der Waals surface area contributed by atoms with E-state index in [1.165, 1.54) is 0 Å².